The highest BCUT2D eigenvalue weighted by atomic mass is 32.2. The number of piperazine rings is 1. The van der Waals surface area contributed by atoms with Crippen molar-refractivity contribution >= 4 is 32.5 Å². The predicted octanol–water partition coefficient (Wildman–Crippen LogP) is 3.15. The molecule has 10 heteroatoms. The topological polar surface area (TPSA) is 97.6 Å². The van der Waals surface area contributed by atoms with Crippen molar-refractivity contribution in [3.63, 3.8) is 0 Å². The van der Waals surface area contributed by atoms with Crippen molar-refractivity contribution < 1.29 is 17.6 Å². The Hall–Kier alpha value is -3.55. The van der Waals surface area contributed by atoms with Crippen molar-refractivity contribution in [2.24, 2.45) is 0 Å². The van der Waals surface area contributed by atoms with Crippen LogP contribution in [0.5, 0.6) is 0 Å². The number of piperidine rings is 1. The number of benzene rings is 2. The first-order valence-electron chi connectivity index (χ1n) is 12.3. The second-order valence-electron chi connectivity index (χ2n) is 9.68. The lowest BCUT2D eigenvalue weighted by atomic mass is 9.74. The minimum Gasteiger partial charge on any atom is -0.370 e. The Morgan fingerprint density at radius 3 is 2.32 bits per heavy atom. The summed E-state index contributed by atoms with van der Waals surface area (Å²) >= 11 is 0. The van der Waals surface area contributed by atoms with Crippen LogP contribution in [0.1, 0.15) is 28.8 Å². The standard InChI is InChI=1S/C27H28FN5O3S/c1-37(35,36)33-15-13-32(14-16-33)26(34)23-18-30-24-8-7-21(28)17-22(24)25(23)31-11-9-27(19-29,10-12-31)20-5-3-2-4-6-20/h2-8,17-18H,9-16H2,1H3. The van der Waals surface area contributed by atoms with Crippen LogP contribution in [0.3, 0.4) is 0 Å². The smallest absolute Gasteiger partial charge is 0.257 e. The maximum Gasteiger partial charge on any atom is 0.257 e. The molecule has 0 unspecified atom stereocenters. The number of nitrogens with zero attached hydrogens (tertiary/aromatic N) is 5. The van der Waals surface area contributed by atoms with E-state index in [2.05, 4.69) is 16.0 Å². The van der Waals surface area contributed by atoms with Crippen molar-refractivity contribution in [1.82, 2.24) is 14.2 Å². The molecule has 2 fully saturated rings. The molecule has 5 rings (SSSR count). The van der Waals surface area contributed by atoms with Crippen LogP contribution in [0.15, 0.2) is 54.7 Å². The van der Waals surface area contributed by atoms with Crippen molar-refractivity contribution in [1.29, 1.82) is 5.26 Å². The summed E-state index contributed by atoms with van der Waals surface area (Å²) in [7, 11) is -3.33. The van der Waals surface area contributed by atoms with Gasteiger partial charge in [-0.2, -0.15) is 9.57 Å². The molecule has 1 aromatic heterocycles. The van der Waals surface area contributed by atoms with Gasteiger partial charge in [0.2, 0.25) is 10.0 Å². The van der Waals surface area contributed by atoms with Gasteiger partial charge in [0, 0.05) is 50.9 Å². The molecule has 0 N–H and O–H groups in total. The average Bonchev–Trinajstić information content (AvgIpc) is 2.92. The largest absolute Gasteiger partial charge is 0.370 e. The van der Waals surface area contributed by atoms with Gasteiger partial charge in [-0.05, 0) is 36.6 Å². The zero-order valence-corrected chi connectivity index (χ0v) is 21.4. The van der Waals surface area contributed by atoms with Gasteiger partial charge in [0.15, 0.2) is 0 Å². The molecule has 8 nitrogen and oxygen atoms in total. The number of carbonyl (C=O) groups excluding carboxylic acids is 1. The molecule has 37 heavy (non-hydrogen) atoms. The highest BCUT2D eigenvalue weighted by Gasteiger charge is 2.38. The number of anilines is 1. The van der Waals surface area contributed by atoms with E-state index in [1.807, 2.05) is 30.3 Å². The lowest BCUT2D eigenvalue weighted by Gasteiger charge is -2.40. The van der Waals surface area contributed by atoms with Crippen molar-refractivity contribution in [3.8, 4) is 6.07 Å². The number of halogens is 1. The van der Waals surface area contributed by atoms with Crippen molar-refractivity contribution in [3.05, 3.63) is 71.7 Å². The molecule has 0 bridgehead atoms. The Labute approximate surface area is 216 Å². The Balaban J connectivity index is 1.48. The molecule has 1 amide bonds. The summed E-state index contributed by atoms with van der Waals surface area (Å²) in [5, 5.41) is 10.7. The van der Waals surface area contributed by atoms with Crippen molar-refractivity contribution in [2.45, 2.75) is 18.3 Å². The summed E-state index contributed by atoms with van der Waals surface area (Å²) in [6.45, 7) is 2.00. The Morgan fingerprint density at radius 2 is 1.70 bits per heavy atom. The number of fused-ring (bicyclic) bond motifs is 1. The highest BCUT2D eigenvalue weighted by molar-refractivity contribution is 7.88. The SMILES string of the molecule is CS(=O)(=O)N1CCN(C(=O)c2cnc3ccc(F)cc3c2N2CCC(C#N)(c3ccccc3)CC2)CC1. The van der Waals surface area contributed by atoms with Gasteiger partial charge in [-0.15, -0.1) is 0 Å². The first kappa shape index (κ1) is 25.1. The van der Waals surface area contributed by atoms with Gasteiger partial charge in [0.25, 0.3) is 5.91 Å². The lowest BCUT2D eigenvalue weighted by Crippen LogP contribution is -2.50. The van der Waals surface area contributed by atoms with Crippen LogP contribution in [-0.2, 0) is 15.4 Å². The van der Waals surface area contributed by atoms with Crippen LogP contribution in [-0.4, -0.2) is 74.0 Å². The number of aromatic nitrogens is 1. The molecule has 3 heterocycles. The van der Waals surface area contributed by atoms with Crippen LogP contribution >= 0.6 is 0 Å². The molecule has 0 aliphatic carbocycles. The van der Waals surface area contributed by atoms with E-state index in [0.717, 1.165) is 11.8 Å². The monoisotopic (exact) mass is 521 g/mol. The number of amides is 1. The van der Waals surface area contributed by atoms with Gasteiger partial charge < -0.3 is 9.80 Å². The van der Waals surface area contributed by atoms with Crippen molar-refractivity contribution in [2.75, 3.05) is 50.4 Å². The number of nitriles is 1. The molecule has 2 aromatic carbocycles. The fourth-order valence-electron chi connectivity index (χ4n) is 5.38. The molecule has 0 radical (unpaired) electrons. The van der Waals surface area contributed by atoms with Gasteiger partial charge in [-0.25, -0.2) is 12.8 Å². The second-order valence-corrected chi connectivity index (χ2v) is 11.7. The fraction of sp³-hybridized carbons (Fsp3) is 0.370. The number of hydrogen-bond acceptors (Lipinski definition) is 6. The highest BCUT2D eigenvalue weighted by Crippen LogP contribution is 2.39. The van der Waals surface area contributed by atoms with E-state index in [1.165, 1.54) is 22.6 Å². The predicted molar refractivity (Wildman–Crippen MR) is 139 cm³/mol. The minimum absolute atomic E-state index is 0.223. The molecule has 2 aliphatic heterocycles. The van der Waals surface area contributed by atoms with Gasteiger partial charge in [-0.1, -0.05) is 30.3 Å². The summed E-state index contributed by atoms with van der Waals surface area (Å²) in [5.41, 5.74) is 1.89. The molecule has 0 atom stereocenters. The van der Waals surface area contributed by atoms with Gasteiger partial charge in [0.05, 0.1) is 34.5 Å². The van der Waals surface area contributed by atoms with Crippen LogP contribution in [0, 0.1) is 17.1 Å². The third-order valence-electron chi connectivity index (χ3n) is 7.50. The minimum atomic E-state index is -3.33. The molecular weight excluding hydrogens is 493 g/mol. The van der Waals surface area contributed by atoms with E-state index in [1.54, 1.807) is 11.0 Å². The number of hydrogen-bond donors (Lipinski definition) is 0. The van der Waals surface area contributed by atoms with E-state index < -0.39 is 21.3 Å². The molecule has 3 aromatic rings. The maximum absolute atomic E-state index is 14.4. The summed E-state index contributed by atoms with van der Waals surface area (Å²) in [6.07, 6.45) is 3.82. The van der Waals surface area contributed by atoms with Gasteiger partial charge in [-0.3, -0.25) is 9.78 Å². The first-order valence-corrected chi connectivity index (χ1v) is 14.1. The molecule has 0 saturated carbocycles. The van der Waals surface area contributed by atoms with Crippen LogP contribution < -0.4 is 4.90 Å². The lowest BCUT2D eigenvalue weighted by molar-refractivity contribution is 0.0698. The van der Waals surface area contributed by atoms with E-state index in [-0.39, 0.29) is 32.1 Å². The molecule has 2 aliphatic rings. The van der Waals surface area contributed by atoms with E-state index in [4.69, 9.17) is 0 Å². The third kappa shape index (κ3) is 4.77. The first-order chi connectivity index (χ1) is 17.7. The summed E-state index contributed by atoms with van der Waals surface area (Å²) < 4.78 is 39.5. The maximum atomic E-state index is 14.4. The zero-order valence-electron chi connectivity index (χ0n) is 20.6. The normalized spacial score (nSPS) is 18.5. The second kappa shape index (κ2) is 9.72. The van der Waals surface area contributed by atoms with Gasteiger partial charge >= 0.3 is 0 Å². The number of carbonyl (C=O) groups is 1. The van der Waals surface area contributed by atoms with Crippen LogP contribution in [0.4, 0.5) is 10.1 Å². The van der Waals surface area contributed by atoms with Crippen LogP contribution in [0.2, 0.25) is 0 Å². The summed E-state index contributed by atoms with van der Waals surface area (Å²) in [4.78, 5) is 21.8. The zero-order chi connectivity index (χ0) is 26.2. The summed E-state index contributed by atoms with van der Waals surface area (Å²) in [5.74, 6) is -0.684. The number of pyridine rings is 1. The van der Waals surface area contributed by atoms with E-state index in [0.29, 0.717) is 48.1 Å². The molecule has 192 valence electrons. The van der Waals surface area contributed by atoms with E-state index in [9.17, 15) is 22.9 Å². The average molecular weight is 522 g/mol. The summed E-state index contributed by atoms with van der Waals surface area (Å²) in [6, 6.07) is 16.6. The Morgan fingerprint density at radius 1 is 1.03 bits per heavy atom. The Bertz CT molecular complexity index is 1470. The quantitative estimate of drug-likeness (QED) is 0.523. The van der Waals surface area contributed by atoms with Gasteiger partial charge in [0.1, 0.15) is 5.82 Å². The number of sulfonamides is 1. The molecule has 0 spiro atoms. The third-order valence-corrected chi connectivity index (χ3v) is 8.80. The molecule has 2 saturated heterocycles. The Kier molecular flexibility index (Phi) is 6.60. The van der Waals surface area contributed by atoms with E-state index >= 15 is 0 Å². The number of rotatable bonds is 4. The molecular formula is C27H28FN5O3S. The van der Waals surface area contributed by atoms with Crippen LogP contribution in [0.25, 0.3) is 10.9 Å². The fourth-order valence-corrected chi connectivity index (χ4v) is 6.20.